The average molecular weight is 250 g/mol. The molecule has 100 valence electrons. The molecule has 1 aliphatic carbocycles. The molecule has 1 aliphatic rings. The van der Waals surface area contributed by atoms with Gasteiger partial charge in [-0.05, 0) is 37.3 Å². The van der Waals surface area contributed by atoms with Crippen LogP contribution in [0, 0.1) is 18.7 Å². The molecule has 3 N–H and O–H groups in total. The zero-order valence-electron chi connectivity index (χ0n) is 11.1. The van der Waals surface area contributed by atoms with E-state index in [1.165, 1.54) is 25.7 Å². The fourth-order valence-electron chi connectivity index (χ4n) is 3.01. The van der Waals surface area contributed by atoms with Crippen molar-refractivity contribution in [2.75, 3.05) is 0 Å². The summed E-state index contributed by atoms with van der Waals surface area (Å²) in [6, 6.07) is 5.37. The minimum Gasteiger partial charge on any atom is -0.271 e. The van der Waals surface area contributed by atoms with Gasteiger partial charge in [0.15, 0.2) is 0 Å². The Bertz CT molecular complexity index is 384. The van der Waals surface area contributed by atoms with E-state index in [-0.39, 0.29) is 11.9 Å². The summed E-state index contributed by atoms with van der Waals surface area (Å²) in [6.07, 6.45) is 7.34. The normalized spacial score (nSPS) is 19.5. The molecular weight excluding hydrogens is 227 g/mol. The highest BCUT2D eigenvalue weighted by molar-refractivity contribution is 5.26. The van der Waals surface area contributed by atoms with Gasteiger partial charge < -0.3 is 0 Å². The highest BCUT2D eigenvalue weighted by Gasteiger charge is 2.25. The van der Waals surface area contributed by atoms with Gasteiger partial charge in [-0.15, -0.1) is 0 Å². The first-order valence-corrected chi connectivity index (χ1v) is 6.94. The Kier molecular flexibility index (Phi) is 4.72. The minimum absolute atomic E-state index is 0.0521. The maximum atomic E-state index is 14.0. The highest BCUT2D eigenvalue weighted by atomic mass is 19.1. The molecule has 1 fully saturated rings. The SMILES string of the molecule is Cc1ccc(C(NN)C2CCCCCC2)c(F)c1. The first kappa shape index (κ1) is 13.5. The Balaban J connectivity index is 2.20. The highest BCUT2D eigenvalue weighted by Crippen LogP contribution is 2.34. The first-order chi connectivity index (χ1) is 8.72. The predicted molar refractivity (Wildman–Crippen MR) is 72.4 cm³/mol. The number of benzene rings is 1. The number of rotatable bonds is 3. The molecule has 1 aromatic rings. The van der Waals surface area contributed by atoms with Gasteiger partial charge in [0, 0.05) is 5.56 Å². The Labute approximate surface area is 109 Å². The van der Waals surface area contributed by atoms with Gasteiger partial charge in [-0.2, -0.15) is 0 Å². The Morgan fingerprint density at radius 2 is 1.89 bits per heavy atom. The lowest BCUT2D eigenvalue weighted by molar-refractivity contribution is 0.321. The molecule has 0 radical (unpaired) electrons. The molecule has 0 spiro atoms. The second-order valence-corrected chi connectivity index (χ2v) is 5.42. The van der Waals surface area contributed by atoms with Crippen molar-refractivity contribution < 1.29 is 4.39 Å². The molecule has 0 heterocycles. The van der Waals surface area contributed by atoms with Crippen molar-refractivity contribution in [3.8, 4) is 0 Å². The van der Waals surface area contributed by atoms with E-state index in [1.807, 2.05) is 19.1 Å². The number of hydrazine groups is 1. The molecule has 1 unspecified atom stereocenters. The van der Waals surface area contributed by atoms with Crippen LogP contribution >= 0.6 is 0 Å². The van der Waals surface area contributed by atoms with Crippen LogP contribution in [-0.2, 0) is 0 Å². The van der Waals surface area contributed by atoms with Crippen LogP contribution in [0.5, 0.6) is 0 Å². The molecule has 2 nitrogen and oxygen atoms in total. The van der Waals surface area contributed by atoms with Crippen LogP contribution in [0.3, 0.4) is 0 Å². The number of nitrogens with two attached hydrogens (primary N) is 1. The van der Waals surface area contributed by atoms with Crippen LogP contribution in [0.4, 0.5) is 4.39 Å². The van der Waals surface area contributed by atoms with Crippen molar-refractivity contribution in [3.63, 3.8) is 0 Å². The monoisotopic (exact) mass is 250 g/mol. The quantitative estimate of drug-likeness (QED) is 0.488. The Morgan fingerprint density at radius 1 is 1.22 bits per heavy atom. The van der Waals surface area contributed by atoms with E-state index in [0.29, 0.717) is 5.92 Å². The zero-order valence-corrected chi connectivity index (χ0v) is 11.1. The largest absolute Gasteiger partial charge is 0.271 e. The standard InChI is InChI=1S/C15H23FN2/c1-11-8-9-13(14(16)10-11)15(18-17)12-6-4-2-3-5-7-12/h8-10,12,15,18H,2-7,17H2,1H3. The van der Waals surface area contributed by atoms with Gasteiger partial charge in [0.1, 0.15) is 5.82 Å². The summed E-state index contributed by atoms with van der Waals surface area (Å²) >= 11 is 0. The maximum absolute atomic E-state index is 14.0. The van der Waals surface area contributed by atoms with E-state index in [4.69, 9.17) is 5.84 Å². The van der Waals surface area contributed by atoms with Crippen molar-refractivity contribution in [3.05, 3.63) is 35.1 Å². The number of hydrogen-bond donors (Lipinski definition) is 2. The lowest BCUT2D eigenvalue weighted by atomic mass is 9.87. The summed E-state index contributed by atoms with van der Waals surface area (Å²) in [4.78, 5) is 0. The molecule has 18 heavy (non-hydrogen) atoms. The lowest BCUT2D eigenvalue weighted by Crippen LogP contribution is -2.34. The topological polar surface area (TPSA) is 38.0 Å². The summed E-state index contributed by atoms with van der Waals surface area (Å²) in [6.45, 7) is 1.91. The van der Waals surface area contributed by atoms with Gasteiger partial charge in [-0.3, -0.25) is 11.3 Å². The van der Waals surface area contributed by atoms with Crippen LogP contribution in [0.2, 0.25) is 0 Å². The maximum Gasteiger partial charge on any atom is 0.128 e. The van der Waals surface area contributed by atoms with Crippen molar-refractivity contribution >= 4 is 0 Å². The van der Waals surface area contributed by atoms with Crippen LogP contribution < -0.4 is 11.3 Å². The van der Waals surface area contributed by atoms with Crippen LogP contribution in [0.1, 0.15) is 55.7 Å². The first-order valence-electron chi connectivity index (χ1n) is 6.94. The summed E-state index contributed by atoms with van der Waals surface area (Å²) in [5.41, 5.74) is 4.51. The van der Waals surface area contributed by atoms with Gasteiger partial charge in [0.25, 0.3) is 0 Å². The van der Waals surface area contributed by atoms with E-state index in [9.17, 15) is 4.39 Å². The fraction of sp³-hybridized carbons (Fsp3) is 0.600. The predicted octanol–water partition coefficient (Wildman–Crippen LogP) is 3.61. The van der Waals surface area contributed by atoms with Crippen molar-refractivity contribution in [2.24, 2.45) is 11.8 Å². The molecule has 2 rings (SSSR count). The molecule has 0 amide bonds. The number of hydrogen-bond acceptors (Lipinski definition) is 2. The molecule has 0 aliphatic heterocycles. The number of aryl methyl sites for hydroxylation is 1. The second-order valence-electron chi connectivity index (χ2n) is 5.42. The third kappa shape index (κ3) is 3.09. The summed E-state index contributed by atoms with van der Waals surface area (Å²) in [5.74, 6) is 5.99. The van der Waals surface area contributed by atoms with Crippen LogP contribution in [-0.4, -0.2) is 0 Å². The smallest absolute Gasteiger partial charge is 0.128 e. The van der Waals surface area contributed by atoms with E-state index in [1.54, 1.807) is 6.07 Å². The van der Waals surface area contributed by atoms with E-state index in [2.05, 4.69) is 5.43 Å². The molecule has 3 heteroatoms. The van der Waals surface area contributed by atoms with Crippen molar-refractivity contribution in [1.82, 2.24) is 5.43 Å². The molecule has 0 saturated heterocycles. The third-order valence-corrected chi connectivity index (χ3v) is 4.04. The van der Waals surface area contributed by atoms with Gasteiger partial charge in [-0.1, -0.05) is 37.8 Å². The number of halogens is 1. The van der Waals surface area contributed by atoms with E-state index in [0.717, 1.165) is 24.0 Å². The summed E-state index contributed by atoms with van der Waals surface area (Å²) in [7, 11) is 0. The van der Waals surface area contributed by atoms with Crippen molar-refractivity contribution in [1.29, 1.82) is 0 Å². The van der Waals surface area contributed by atoms with E-state index < -0.39 is 0 Å². The second kappa shape index (κ2) is 6.30. The van der Waals surface area contributed by atoms with Gasteiger partial charge >= 0.3 is 0 Å². The molecule has 0 aromatic heterocycles. The number of nitrogens with one attached hydrogen (secondary N) is 1. The Morgan fingerprint density at radius 3 is 2.44 bits per heavy atom. The molecular formula is C15H23FN2. The van der Waals surface area contributed by atoms with Gasteiger partial charge in [-0.25, -0.2) is 4.39 Å². The van der Waals surface area contributed by atoms with Crippen LogP contribution in [0.15, 0.2) is 18.2 Å². The lowest BCUT2D eigenvalue weighted by Gasteiger charge is -2.26. The summed E-state index contributed by atoms with van der Waals surface area (Å²) in [5, 5.41) is 0. The third-order valence-electron chi connectivity index (χ3n) is 4.04. The van der Waals surface area contributed by atoms with E-state index >= 15 is 0 Å². The molecule has 1 atom stereocenters. The average Bonchev–Trinajstić information content (AvgIpc) is 2.62. The molecule has 0 bridgehead atoms. The molecule has 1 aromatic carbocycles. The zero-order chi connectivity index (χ0) is 13.0. The van der Waals surface area contributed by atoms with Crippen molar-refractivity contribution in [2.45, 2.75) is 51.5 Å². The minimum atomic E-state index is -0.137. The summed E-state index contributed by atoms with van der Waals surface area (Å²) < 4.78 is 14.0. The fourth-order valence-corrected chi connectivity index (χ4v) is 3.01. The van der Waals surface area contributed by atoms with Crippen LogP contribution in [0.25, 0.3) is 0 Å². The Hall–Kier alpha value is -0.930. The van der Waals surface area contributed by atoms with Gasteiger partial charge in [0.05, 0.1) is 6.04 Å². The van der Waals surface area contributed by atoms with Gasteiger partial charge in [0.2, 0.25) is 0 Å². The molecule has 1 saturated carbocycles.